The van der Waals surface area contributed by atoms with Gasteiger partial charge in [-0.3, -0.25) is 14.5 Å². The highest BCUT2D eigenvalue weighted by molar-refractivity contribution is 7.60. The lowest BCUT2D eigenvalue weighted by molar-refractivity contribution is -0.142. The number of benzene rings is 1. The number of aryl methyl sites for hydroxylation is 2. The van der Waals surface area contributed by atoms with Gasteiger partial charge < -0.3 is 9.80 Å². The molecule has 1 aromatic rings. The van der Waals surface area contributed by atoms with Gasteiger partial charge in [0.05, 0.1) is 18.2 Å². The second-order valence-corrected chi connectivity index (χ2v) is 11.2. The average Bonchev–Trinajstić information content (AvgIpc) is 3.14. The van der Waals surface area contributed by atoms with E-state index < -0.39 is 10.5 Å². The minimum atomic E-state index is -2.61. The van der Waals surface area contributed by atoms with E-state index in [1.54, 1.807) is 0 Å². The van der Waals surface area contributed by atoms with Crippen molar-refractivity contribution in [2.24, 2.45) is 11.8 Å². The second kappa shape index (κ2) is 9.03. The number of carbonyl (C=O) groups is 2. The van der Waals surface area contributed by atoms with E-state index in [9.17, 15) is 14.9 Å². The molecule has 7 atom stereocenters. The Morgan fingerprint density at radius 1 is 1.26 bits per heavy atom. The van der Waals surface area contributed by atoms with Crippen LogP contribution in [0.2, 0.25) is 0 Å². The molecule has 5 aliphatic rings. The van der Waals surface area contributed by atoms with Gasteiger partial charge in [-0.2, -0.15) is 18.5 Å². The highest BCUT2D eigenvalue weighted by Gasteiger charge is 2.56. The summed E-state index contributed by atoms with van der Waals surface area (Å²) in [7, 11) is -2.61. The Hall–Kier alpha value is -2.77. The van der Waals surface area contributed by atoms with Crippen molar-refractivity contribution in [2.45, 2.75) is 76.2 Å². The molecule has 3 saturated heterocycles. The zero-order valence-electron chi connectivity index (χ0n) is 20.1. The van der Waals surface area contributed by atoms with E-state index in [2.05, 4.69) is 41.0 Å². The fourth-order valence-electron chi connectivity index (χ4n) is 6.89. The van der Waals surface area contributed by atoms with Crippen LogP contribution in [0.3, 0.4) is 0 Å². The molecule has 0 radical (unpaired) electrons. The van der Waals surface area contributed by atoms with Crippen molar-refractivity contribution >= 4 is 22.3 Å². The third-order valence-corrected chi connectivity index (χ3v) is 8.43. The molecule has 0 spiro atoms. The number of amides is 2. The number of nitriles is 1. The molecular formula is C25H31N5O4S. The molecule has 9 nitrogen and oxygen atoms in total. The number of piperidine rings is 1. The van der Waals surface area contributed by atoms with E-state index >= 15 is 0 Å². The molecule has 0 aromatic heterocycles. The summed E-state index contributed by atoms with van der Waals surface area (Å²) in [5.41, 5.74) is 4.01. The lowest BCUT2D eigenvalue weighted by Gasteiger charge is -2.39. The van der Waals surface area contributed by atoms with Crippen molar-refractivity contribution in [2.75, 3.05) is 13.1 Å². The molecule has 35 heavy (non-hydrogen) atoms. The van der Waals surface area contributed by atoms with Crippen LogP contribution in [-0.2, 0) is 26.5 Å². The average molecular weight is 498 g/mol. The first-order chi connectivity index (χ1) is 16.7. The summed E-state index contributed by atoms with van der Waals surface area (Å²) in [6, 6.07) is 9.38. The number of nitrogens with zero attached hydrogens (tertiary/aromatic N) is 4. The maximum atomic E-state index is 13.4. The quantitative estimate of drug-likeness (QED) is 0.679. The van der Waals surface area contributed by atoms with Gasteiger partial charge in [0.25, 0.3) is 0 Å². The van der Waals surface area contributed by atoms with Gasteiger partial charge in [0.2, 0.25) is 11.8 Å². The van der Waals surface area contributed by atoms with Crippen molar-refractivity contribution < 1.29 is 18.0 Å². The molecule has 2 bridgehead atoms. The molecule has 1 unspecified atom stereocenters. The first-order valence-electron chi connectivity index (χ1n) is 12.4. The summed E-state index contributed by atoms with van der Waals surface area (Å²) in [6.07, 6.45) is 4.85. The van der Waals surface area contributed by atoms with Crippen LogP contribution in [0, 0.1) is 34.9 Å². The summed E-state index contributed by atoms with van der Waals surface area (Å²) in [4.78, 5) is 32.7. The molecule has 1 saturated carbocycles. The molecule has 10 heteroatoms. The van der Waals surface area contributed by atoms with E-state index in [0.717, 1.165) is 38.6 Å². The maximum absolute atomic E-state index is 13.4. The van der Waals surface area contributed by atoms with E-state index in [0.29, 0.717) is 12.5 Å². The fraction of sp³-hybridized carbons (Fsp3) is 0.640. The first-order valence-corrected chi connectivity index (χ1v) is 13.4. The predicted molar refractivity (Wildman–Crippen MR) is 126 cm³/mol. The first kappa shape index (κ1) is 23.9. The van der Waals surface area contributed by atoms with Gasteiger partial charge in [0.15, 0.2) is 0 Å². The van der Waals surface area contributed by atoms with E-state index in [1.165, 1.54) is 16.7 Å². The predicted octanol–water partition coefficient (Wildman–Crippen LogP) is 2.04. The Morgan fingerprint density at radius 3 is 2.69 bits per heavy atom. The lowest BCUT2D eigenvalue weighted by Crippen LogP contribution is -2.53. The molecular weight excluding hydrogens is 466 g/mol. The molecule has 3 aliphatic heterocycles. The summed E-state index contributed by atoms with van der Waals surface area (Å²) in [5, 5.41) is 9.42. The van der Waals surface area contributed by atoms with Gasteiger partial charge in [0, 0.05) is 31.1 Å². The van der Waals surface area contributed by atoms with Gasteiger partial charge >= 0.3 is 10.5 Å². The molecule has 1 N–H and O–H groups in total. The Morgan fingerprint density at radius 2 is 2.00 bits per heavy atom. The third-order valence-electron chi connectivity index (χ3n) is 8.43. The van der Waals surface area contributed by atoms with Crippen LogP contribution in [0.5, 0.6) is 0 Å². The molecule has 6 rings (SSSR count). The number of hydrogen-bond acceptors (Lipinski definition) is 7. The lowest BCUT2D eigenvalue weighted by atomic mass is 10.0. The summed E-state index contributed by atoms with van der Waals surface area (Å²) < 4.78 is 22.8. The van der Waals surface area contributed by atoms with Crippen molar-refractivity contribution in [3.8, 4) is 6.07 Å². The van der Waals surface area contributed by atoms with Crippen LogP contribution in [0.15, 0.2) is 18.2 Å². The van der Waals surface area contributed by atoms with Crippen LogP contribution >= 0.6 is 0 Å². The standard InChI is InChI=1S/C25H30N4O2.HNO2S/c1-14-3-5-20-16(7-14)4-6-21(20)29-19-10-23(25(29)31)27(13-19)12-15(2)24(30)28-18(11-26)8-17-9-22(17)28;1-4(2)3/h3,5,7,15,17-19,21-23H,4,6,8-10,12-13H2,1-2H3;1H/t15-,17+,18-,19-,21-,22?,23-;/m0./s1. The second-order valence-electron chi connectivity index (χ2n) is 10.7. The summed E-state index contributed by atoms with van der Waals surface area (Å²) in [6.45, 7) is 5.57. The number of fused-ring (bicyclic) bond motifs is 4. The van der Waals surface area contributed by atoms with Gasteiger partial charge in [-0.25, -0.2) is 0 Å². The Balaban J connectivity index is 0.000000591. The largest absolute Gasteiger partial charge is 0.330 e. The van der Waals surface area contributed by atoms with Crippen LogP contribution in [0.25, 0.3) is 0 Å². The number of rotatable bonds is 4. The normalized spacial score (nSPS) is 33.0. The van der Waals surface area contributed by atoms with Crippen LogP contribution < -0.4 is 0 Å². The number of hydrogen-bond donors (Lipinski definition) is 1. The van der Waals surface area contributed by atoms with Crippen LogP contribution in [-0.4, -0.2) is 72.2 Å². The van der Waals surface area contributed by atoms with Gasteiger partial charge in [0.1, 0.15) is 6.04 Å². The Bertz CT molecular complexity index is 1200. The highest BCUT2D eigenvalue weighted by Crippen LogP contribution is 2.48. The maximum Gasteiger partial charge on any atom is 0.308 e. The zero-order chi connectivity index (χ0) is 25.0. The summed E-state index contributed by atoms with van der Waals surface area (Å²) >= 11 is 0. The molecule has 2 amide bonds. The highest BCUT2D eigenvalue weighted by atomic mass is 32.2. The van der Waals surface area contributed by atoms with Crippen LogP contribution in [0.1, 0.15) is 55.3 Å². The minimum absolute atomic E-state index is 0.0891. The van der Waals surface area contributed by atoms with Crippen molar-refractivity contribution in [1.82, 2.24) is 14.7 Å². The SMILES string of the molecule is Cc1ccc2c(c1)CC[C@@H]2N1C(=O)[C@@H]2C[C@H]1CN2C[C@H](C)C(=O)N1C2C[C@H]2C[C@H]1C#N.N=S(=O)=O. The molecule has 1 aromatic carbocycles. The number of carbonyl (C=O) groups excluding carboxylic acids is 2. The minimum Gasteiger partial charge on any atom is -0.330 e. The monoisotopic (exact) mass is 497 g/mol. The molecule has 4 fully saturated rings. The van der Waals surface area contributed by atoms with Crippen LogP contribution in [0.4, 0.5) is 0 Å². The van der Waals surface area contributed by atoms with Gasteiger partial charge in [-0.05, 0) is 56.1 Å². The van der Waals surface area contributed by atoms with Gasteiger partial charge in [-0.15, -0.1) is 0 Å². The number of nitrogens with one attached hydrogen (secondary N) is 1. The Kier molecular flexibility index (Phi) is 6.18. The van der Waals surface area contributed by atoms with Gasteiger partial charge in [-0.1, -0.05) is 30.7 Å². The van der Waals surface area contributed by atoms with E-state index in [1.807, 2.05) is 11.8 Å². The summed E-state index contributed by atoms with van der Waals surface area (Å²) in [5.74, 6) is 0.708. The van der Waals surface area contributed by atoms with Crippen molar-refractivity contribution in [1.29, 1.82) is 10.0 Å². The van der Waals surface area contributed by atoms with Crippen molar-refractivity contribution in [3.05, 3.63) is 34.9 Å². The number of piperazine rings is 1. The number of likely N-dealkylation sites (tertiary alicyclic amines) is 3. The molecule has 186 valence electrons. The van der Waals surface area contributed by atoms with E-state index in [-0.39, 0.29) is 47.9 Å². The Labute approximate surface area is 207 Å². The zero-order valence-corrected chi connectivity index (χ0v) is 20.9. The smallest absolute Gasteiger partial charge is 0.308 e. The molecule has 3 heterocycles. The van der Waals surface area contributed by atoms with Crippen molar-refractivity contribution in [3.63, 3.8) is 0 Å². The van der Waals surface area contributed by atoms with E-state index in [4.69, 9.17) is 13.2 Å². The fourth-order valence-corrected chi connectivity index (χ4v) is 6.89. The third kappa shape index (κ3) is 4.25. The molecule has 2 aliphatic carbocycles. The topological polar surface area (TPSA) is 126 Å².